The summed E-state index contributed by atoms with van der Waals surface area (Å²) < 4.78 is 16.9. The molecule has 0 saturated heterocycles. The molecule has 1 unspecified atom stereocenters. The molecule has 0 amide bonds. The number of allylic oxidation sites excluding steroid dienone is 26. The molecule has 0 heterocycles. The van der Waals surface area contributed by atoms with E-state index in [4.69, 9.17) is 14.2 Å². The third-order valence-corrected chi connectivity index (χ3v) is 13.0. The molecule has 1 atom stereocenters. The normalized spacial score (nSPS) is 13.2. The lowest BCUT2D eigenvalue weighted by atomic mass is 10.1. The molecule has 6 heteroatoms. The Hall–Kier alpha value is -4.97. The van der Waals surface area contributed by atoms with Crippen LogP contribution in [0.2, 0.25) is 0 Å². The van der Waals surface area contributed by atoms with Crippen LogP contribution in [0.5, 0.6) is 0 Å². The van der Waals surface area contributed by atoms with E-state index in [9.17, 15) is 14.4 Å². The number of unbranched alkanes of at least 4 members (excludes halogenated alkanes) is 19. The van der Waals surface area contributed by atoms with Crippen LogP contribution in [-0.2, 0) is 28.6 Å². The van der Waals surface area contributed by atoms with Crippen LogP contribution >= 0.6 is 0 Å². The first-order valence-electron chi connectivity index (χ1n) is 32.0. The summed E-state index contributed by atoms with van der Waals surface area (Å²) in [6.07, 6.45) is 95.4. The van der Waals surface area contributed by atoms with Crippen molar-refractivity contribution in [3.05, 3.63) is 158 Å². The Morgan fingerprint density at radius 1 is 0.266 bits per heavy atom. The van der Waals surface area contributed by atoms with Gasteiger partial charge in [0.2, 0.25) is 0 Å². The first-order valence-corrected chi connectivity index (χ1v) is 32.0. The van der Waals surface area contributed by atoms with Crippen LogP contribution < -0.4 is 0 Å². The smallest absolute Gasteiger partial charge is 0.306 e. The molecule has 0 spiro atoms. The summed E-state index contributed by atoms with van der Waals surface area (Å²) in [6, 6.07) is 0. The Bertz CT molecular complexity index is 1780. The van der Waals surface area contributed by atoms with Gasteiger partial charge in [-0.25, -0.2) is 0 Å². The third kappa shape index (κ3) is 63.7. The molecule has 79 heavy (non-hydrogen) atoms. The molecule has 0 rings (SSSR count). The molecule has 0 aromatic heterocycles. The fraction of sp³-hybridized carbons (Fsp3) is 0.603. The lowest BCUT2D eigenvalue weighted by Gasteiger charge is -2.18. The van der Waals surface area contributed by atoms with Gasteiger partial charge in [-0.3, -0.25) is 14.4 Å². The quantitative estimate of drug-likeness (QED) is 0.0261. The van der Waals surface area contributed by atoms with Gasteiger partial charge in [-0.1, -0.05) is 275 Å². The number of ether oxygens (including phenoxy) is 3. The second-order valence-electron chi connectivity index (χ2n) is 20.6. The zero-order chi connectivity index (χ0) is 57.1. The number of rotatable bonds is 56. The zero-order valence-corrected chi connectivity index (χ0v) is 50.8. The van der Waals surface area contributed by atoms with E-state index in [2.05, 4.69) is 179 Å². The molecule has 6 nitrogen and oxygen atoms in total. The van der Waals surface area contributed by atoms with Crippen molar-refractivity contribution in [2.45, 2.75) is 271 Å². The molecule has 0 radical (unpaired) electrons. The molecule has 0 aliphatic heterocycles. The summed E-state index contributed by atoms with van der Waals surface area (Å²) in [5.74, 6) is -0.936. The second-order valence-corrected chi connectivity index (χ2v) is 20.6. The van der Waals surface area contributed by atoms with Gasteiger partial charge >= 0.3 is 17.9 Å². The minimum absolute atomic E-state index is 0.0954. The topological polar surface area (TPSA) is 78.9 Å². The summed E-state index contributed by atoms with van der Waals surface area (Å²) in [5.41, 5.74) is 0. The lowest BCUT2D eigenvalue weighted by molar-refractivity contribution is -0.167. The molecule has 0 saturated carbocycles. The standard InChI is InChI=1S/C73H116O6/c1-4-7-10-13-16-19-21-23-25-27-29-31-33-35-36-38-39-41-43-45-47-49-51-54-57-60-63-66-72(75)78-69-70(68-77-71(74)65-62-59-56-53-18-15-12-9-6-3)79-73(76)67-64-61-58-55-52-50-48-46-44-42-40-37-34-32-30-28-26-24-22-20-17-14-11-8-5-2/h7-8,10-11,16-17,19-20,23-26,29-32,35-37,39-41,44-47,70H,4-6,9,12-15,18,21-22,27-28,33-34,38,42-43,48-69H2,1-3H3/b10-7-,11-8-,19-16-,20-17-,25-23-,26-24-,31-29-,32-30-,36-35-,40-37-,41-39-,46-44-,47-45-. The van der Waals surface area contributed by atoms with E-state index >= 15 is 0 Å². The largest absolute Gasteiger partial charge is 0.462 e. The highest BCUT2D eigenvalue weighted by Gasteiger charge is 2.19. The van der Waals surface area contributed by atoms with Gasteiger partial charge < -0.3 is 14.2 Å². The number of esters is 3. The minimum atomic E-state index is -0.801. The van der Waals surface area contributed by atoms with Crippen LogP contribution in [0.25, 0.3) is 0 Å². The van der Waals surface area contributed by atoms with Gasteiger partial charge in [0.1, 0.15) is 13.2 Å². The van der Waals surface area contributed by atoms with Crippen LogP contribution in [0, 0.1) is 0 Å². The summed E-state index contributed by atoms with van der Waals surface area (Å²) in [7, 11) is 0. The van der Waals surface area contributed by atoms with Gasteiger partial charge in [0.25, 0.3) is 0 Å². The predicted molar refractivity (Wildman–Crippen MR) is 343 cm³/mol. The molecule has 0 fully saturated rings. The summed E-state index contributed by atoms with van der Waals surface area (Å²) >= 11 is 0. The Morgan fingerprint density at radius 2 is 0.494 bits per heavy atom. The van der Waals surface area contributed by atoms with E-state index < -0.39 is 6.10 Å². The van der Waals surface area contributed by atoms with Crippen molar-refractivity contribution >= 4 is 17.9 Å². The van der Waals surface area contributed by atoms with Gasteiger partial charge in [0, 0.05) is 19.3 Å². The van der Waals surface area contributed by atoms with Gasteiger partial charge in [-0.05, 0) is 128 Å². The maximum absolute atomic E-state index is 12.9. The van der Waals surface area contributed by atoms with Crippen LogP contribution in [0.15, 0.2) is 158 Å². The predicted octanol–water partition coefficient (Wildman–Crippen LogP) is 22.1. The van der Waals surface area contributed by atoms with Crippen LogP contribution in [0.3, 0.4) is 0 Å². The molecule has 444 valence electrons. The molecule has 0 aliphatic carbocycles. The van der Waals surface area contributed by atoms with Crippen molar-refractivity contribution in [1.82, 2.24) is 0 Å². The van der Waals surface area contributed by atoms with E-state index in [0.29, 0.717) is 19.3 Å². The monoisotopic (exact) mass is 1090 g/mol. The van der Waals surface area contributed by atoms with Crippen molar-refractivity contribution < 1.29 is 28.6 Å². The van der Waals surface area contributed by atoms with Gasteiger partial charge in [0.15, 0.2) is 6.10 Å². The fourth-order valence-electron chi connectivity index (χ4n) is 8.31. The number of hydrogen-bond acceptors (Lipinski definition) is 6. The molecule has 0 aliphatic rings. The molecule has 0 aromatic rings. The van der Waals surface area contributed by atoms with Crippen molar-refractivity contribution in [3.8, 4) is 0 Å². The van der Waals surface area contributed by atoms with Crippen LogP contribution in [0.1, 0.15) is 265 Å². The Labute approximate surface area is 486 Å². The average molecular weight is 1090 g/mol. The number of hydrogen-bond donors (Lipinski definition) is 0. The maximum Gasteiger partial charge on any atom is 0.306 e. The van der Waals surface area contributed by atoms with Crippen LogP contribution in [-0.4, -0.2) is 37.2 Å². The molecule has 0 bridgehead atoms. The zero-order valence-electron chi connectivity index (χ0n) is 50.8. The van der Waals surface area contributed by atoms with Crippen LogP contribution in [0.4, 0.5) is 0 Å². The second kappa shape index (κ2) is 65.5. The lowest BCUT2D eigenvalue weighted by Crippen LogP contribution is -2.30. The molecular weight excluding hydrogens is 973 g/mol. The third-order valence-electron chi connectivity index (χ3n) is 13.0. The molecule has 0 aromatic carbocycles. The Balaban J connectivity index is 4.35. The first-order chi connectivity index (χ1) is 39.0. The molecule has 0 N–H and O–H groups in total. The highest BCUT2D eigenvalue weighted by molar-refractivity contribution is 5.71. The van der Waals surface area contributed by atoms with Crippen molar-refractivity contribution in [3.63, 3.8) is 0 Å². The first kappa shape index (κ1) is 74.0. The average Bonchev–Trinajstić information content (AvgIpc) is 3.45. The van der Waals surface area contributed by atoms with Crippen molar-refractivity contribution in [1.29, 1.82) is 0 Å². The van der Waals surface area contributed by atoms with Gasteiger partial charge in [-0.2, -0.15) is 0 Å². The summed E-state index contributed by atoms with van der Waals surface area (Å²) in [5, 5.41) is 0. The summed E-state index contributed by atoms with van der Waals surface area (Å²) in [4.78, 5) is 38.2. The minimum Gasteiger partial charge on any atom is -0.462 e. The number of carbonyl (C=O) groups is 3. The Kier molecular flexibility index (Phi) is 61.4. The fourth-order valence-corrected chi connectivity index (χ4v) is 8.31. The Morgan fingerprint density at radius 3 is 0.772 bits per heavy atom. The van der Waals surface area contributed by atoms with E-state index in [-0.39, 0.29) is 31.1 Å². The van der Waals surface area contributed by atoms with Gasteiger partial charge in [0.05, 0.1) is 0 Å². The van der Waals surface area contributed by atoms with E-state index in [1.165, 1.54) is 51.4 Å². The SMILES string of the molecule is CC/C=C\C/C=C\C/C=C\C/C=C\C/C=C\C/C=C\C/C=C\CCCCCCCC(=O)OCC(COC(=O)CCCCCCCCCCC)OC(=O)CCCCCCCC/C=C\C/C=C\C/C=C\C/C=C\C/C=C\C/C=C\CC. The van der Waals surface area contributed by atoms with Gasteiger partial charge in [-0.15, -0.1) is 0 Å². The molecular formula is C73H116O6. The maximum atomic E-state index is 12.9. The van der Waals surface area contributed by atoms with E-state index in [0.717, 1.165) is 173 Å². The van der Waals surface area contributed by atoms with E-state index in [1.807, 2.05) is 0 Å². The van der Waals surface area contributed by atoms with E-state index in [1.54, 1.807) is 0 Å². The number of carbonyl (C=O) groups excluding carboxylic acids is 3. The highest BCUT2D eigenvalue weighted by atomic mass is 16.6. The highest BCUT2D eigenvalue weighted by Crippen LogP contribution is 2.14. The van der Waals surface area contributed by atoms with Crippen molar-refractivity contribution in [2.24, 2.45) is 0 Å². The summed E-state index contributed by atoms with van der Waals surface area (Å²) in [6.45, 7) is 6.36. The van der Waals surface area contributed by atoms with Crippen molar-refractivity contribution in [2.75, 3.05) is 13.2 Å².